The third-order valence-corrected chi connectivity index (χ3v) is 4.50. The monoisotopic (exact) mass is 363 g/mol. The van der Waals surface area contributed by atoms with E-state index in [0.717, 1.165) is 17.1 Å². The van der Waals surface area contributed by atoms with Crippen LogP contribution in [0, 0.1) is 11.3 Å². The lowest BCUT2D eigenvalue weighted by molar-refractivity contribution is -0.118. The number of para-hydroxylation sites is 1. The first-order chi connectivity index (χ1) is 12.8. The predicted molar refractivity (Wildman–Crippen MR) is 101 cm³/mol. The van der Waals surface area contributed by atoms with Crippen molar-refractivity contribution >= 4 is 17.7 Å². The molecule has 1 N–H and O–H groups in total. The molecule has 130 valence electrons. The van der Waals surface area contributed by atoms with Gasteiger partial charge in [-0.1, -0.05) is 60.3 Å². The molecule has 0 fully saturated rings. The molecule has 26 heavy (non-hydrogen) atoms. The number of nitrogens with one attached hydrogen (secondary N) is 1. The number of nitriles is 1. The minimum Gasteiger partial charge on any atom is -0.354 e. The van der Waals surface area contributed by atoms with E-state index in [4.69, 9.17) is 5.26 Å². The zero-order valence-corrected chi connectivity index (χ0v) is 14.8. The number of nitrogens with zero attached hydrogens (tertiary/aromatic N) is 4. The minimum absolute atomic E-state index is 0.130. The van der Waals surface area contributed by atoms with Crippen molar-refractivity contribution in [3.05, 3.63) is 60.7 Å². The molecule has 1 amide bonds. The van der Waals surface area contributed by atoms with Gasteiger partial charge in [-0.3, -0.25) is 9.36 Å². The van der Waals surface area contributed by atoms with E-state index < -0.39 is 0 Å². The zero-order valence-electron chi connectivity index (χ0n) is 14.0. The van der Waals surface area contributed by atoms with E-state index in [1.54, 1.807) is 0 Å². The van der Waals surface area contributed by atoms with Gasteiger partial charge in [0.15, 0.2) is 11.0 Å². The highest BCUT2D eigenvalue weighted by atomic mass is 32.2. The lowest BCUT2D eigenvalue weighted by Gasteiger charge is -2.10. The second-order valence-corrected chi connectivity index (χ2v) is 6.33. The Morgan fingerprint density at radius 1 is 1.08 bits per heavy atom. The van der Waals surface area contributed by atoms with Crippen LogP contribution >= 0.6 is 11.8 Å². The van der Waals surface area contributed by atoms with E-state index in [1.807, 2.05) is 71.3 Å². The fourth-order valence-corrected chi connectivity index (χ4v) is 3.17. The van der Waals surface area contributed by atoms with Crippen LogP contribution in [-0.2, 0) is 4.79 Å². The first kappa shape index (κ1) is 17.7. The summed E-state index contributed by atoms with van der Waals surface area (Å²) in [6.45, 7) is 0.358. The van der Waals surface area contributed by atoms with Crippen molar-refractivity contribution in [2.24, 2.45) is 0 Å². The van der Waals surface area contributed by atoms with Gasteiger partial charge in [0.1, 0.15) is 0 Å². The van der Waals surface area contributed by atoms with Gasteiger partial charge in [0.25, 0.3) is 0 Å². The number of benzene rings is 2. The summed E-state index contributed by atoms with van der Waals surface area (Å²) in [5.41, 5.74) is 1.89. The van der Waals surface area contributed by atoms with Crippen molar-refractivity contribution in [3.63, 3.8) is 0 Å². The molecule has 0 bridgehead atoms. The largest absolute Gasteiger partial charge is 0.354 e. The van der Waals surface area contributed by atoms with Crippen molar-refractivity contribution in [1.29, 1.82) is 5.26 Å². The summed E-state index contributed by atoms with van der Waals surface area (Å²) < 4.78 is 1.95. The van der Waals surface area contributed by atoms with E-state index >= 15 is 0 Å². The highest BCUT2D eigenvalue weighted by molar-refractivity contribution is 7.99. The highest BCUT2D eigenvalue weighted by Crippen LogP contribution is 2.27. The zero-order chi connectivity index (χ0) is 18.2. The van der Waals surface area contributed by atoms with E-state index in [1.165, 1.54) is 11.8 Å². The fraction of sp³-hybridized carbons (Fsp3) is 0.158. The number of amides is 1. The molecular weight excluding hydrogens is 346 g/mol. The molecule has 0 unspecified atom stereocenters. The van der Waals surface area contributed by atoms with Crippen molar-refractivity contribution < 1.29 is 4.79 Å². The van der Waals surface area contributed by atoms with Crippen molar-refractivity contribution in [3.8, 4) is 23.1 Å². The van der Waals surface area contributed by atoms with Gasteiger partial charge in [0, 0.05) is 17.8 Å². The molecule has 7 heteroatoms. The normalized spacial score (nSPS) is 10.3. The van der Waals surface area contributed by atoms with Crippen molar-refractivity contribution in [2.75, 3.05) is 12.3 Å². The molecule has 0 saturated carbocycles. The molecule has 1 heterocycles. The molecule has 6 nitrogen and oxygen atoms in total. The lowest BCUT2D eigenvalue weighted by atomic mass is 10.2. The van der Waals surface area contributed by atoms with Crippen LogP contribution in [0.4, 0.5) is 0 Å². The second-order valence-electron chi connectivity index (χ2n) is 5.39. The third-order valence-electron chi connectivity index (χ3n) is 3.57. The Balaban J connectivity index is 1.85. The van der Waals surface area contributed by atoms with Crippen LogP contribution in [0.3, 0.4) is 0 Å². The Kier molecular flexibility index (Phi) is 6.01. The Morgan fingerprint density at radius 2 is 1.77 bits per heavy atom. The summed E-state index contributed by atoms with van der Waals surface area (Å²) in [4.78, 5) is 11.9. The average molecular weight is 363 g/mol. The summed E-state index contributed by atoms with van der Waals surface area (Å²) in [5.74, 6) is 0.809. The number of rotatable bonds is 7. The number of aromatic nitrogens is 3. The number of thioether (sulfide) groups is 1. The quantitative estimate of drug-likeness (QED) is 0.515. The maximum absolute atomic E-state index is 11.9. The molecule has 0 radical (unpaired) electrons. The van der Waals surface area contributed by atoms with Crippen LogP contribution in [-0.4, -0.2) is 33.0 Å². The molecule has 0 spiro atoms. The predicted octanol–water partition coefficient (Wildman–Crippen LogP) is 3.06. The third kappa shape index (κ3) is 4.29. The summed E-state index contributed by atoms with van der Waals surface area (Å²) in [6, 6.07) is 21.6. The van der Waals surface area contributed by atoms with Crippen LogP contribution in [0.5, 0.6) is 0 Å². The fourth-order valence-electron chi connectivity index (χ4n) is 2.39. The van der Waals surface area contributed by atoms with Crippen LogP contribution in [0.15, 0.2) is 65.8 Å². The van der Waals surface area contributed by atoms with Gasteiger partial charge in [-0.25, -0.2) is 0 Å². The summed E-state index contributed by atoms with van der Waals surface area (Å²) in [6.07, 6.45) is 0.300. The van der Waals surface area contributed by atoms with Gasteiger partial charge in [-0.15, -0.1) is 10.2 Å². The van der Waals surface area contributed by atoms with Crippen LogP contribution in [0.25, 0.3) is 17.1 Å². The molecule has 3 rings (SSSR count). The number of hydrogen-bond acceptors (Lipinski definition) is 5. The SMILES string of the molecule is N#CCCNC(=O)CSc1nnc(-c2ccccc2)n1-c1ccccc1. The molecule has 0 saturated heterocycles. The molecule has 0 aliphatic carbocycles. The van der Waals surface area contributed by atoms with Crippen LogP contribution < -0.4 is 5.32 Å². The molecule has 1 aromatic heterocycles. The van der Waals surface area contributed by atoms with Crippen LogP contribution in [0.2, 0.25) is 0 Å². The molecule has 0 aliphatic heterocycles. The number of carbonyl (C=O) groups excluding carboxylic acids is 1. The Labute approximate surface area is 155 Å². The second kappa shape index (κ2) is 8.83. The first-order valence-electron chi connectivity index (χ1n) is 8.12. The maximum Gasteiger partial charge on any atom is 0.230 e. The molecule has 0 aliphatic rings. The number of hydrogen-bond donors (Lipinski definition) is 1. The first-order valence-corrected chi connectivity index (χ1v) is 9.11. The van der Waals surface area contributed by atoms with E-state index in [9.17, 15) is 4.79 Å². The Morgan fingerprint density at radius 3 is 2.46 bits per heavy atom. The van der Waals surface area contributed by atoms with E-state index in [0.29, 0.717) is 18.1 Å². The minimum atomic E-state index is -0.130. The van der Waals surface area contributed by atoms with Gasteiger partial charge in [0.2, 0.25) is 5.91 Å². The summed E-state index contributed by atoms with van der Waals surface area (Å²) >= 11 is 1.32. The van der Waals surface area contributed by atoms with E-state index in [-0.39, 0.29) is 11.7 Å². The topological polar surface area (TPSA) is 83.6 Å². The average Bonchev–Trinajstić information content (AvgIpc) is 3.12. The van der Waals surface area contributed by atoms with Gasteiger partial charge in [-0.05, 0) is 12.1 Å². The lowest BCUT2D eigenvalue weighted by Crippen LogP contribution is -2.26. The van der Waals surface area contributed by atoms with Crippen molar-refractivity contribution in [1.82, 2.24) is 20.1 Å². The van der Waals surface area contributed by atoms with Gasteiger partial charge < -0.3 is 5.32 Å². The van der Waals surface area contributed by atoms with Crippen molar-refractivity contribution in [2.45, 2.75) is 11.6 Å². The highest BCUT2D eigenvalue weighted by Gasteiger charge is 2.16. The smallest absolute Gasteiger partial charge is 0.230 e. The number of carbonyl (C=O) groups is 1. The summed E-state index contributed by atoms with van der Waals surface area (Å²) in [5, 5.41) is 20.5. The van der Waals surface area contributed by atoms with Crippen LogP contribution in [0.1, 0.15) is 6.42 Å². The summed E-state index contributed by atoms with van der Waals surface area (Å²) in [7, 11) is 0. The Hall–Kier alpha value is -3.11. The molecule has 2 aromatic carbocycles. The maximum atomic E-state index is 11.9. The molecular formula is C19H17N5OS. The van der Waals surface area contributed by atoms with Gasteiger partial charge in [0.05, 0.1) is 18.2 Å². The van der Waals surface area contributed by atoms with Gasteiger partial charge >= 0.3 is 0 Å². The molecule has 3 aromatic rings. The van der Waals surface area contributed by atoms with E-state index in [2.05, 4.69) is 15.5 Å². The standard InChI is InChI=1S/C19H17N5OS/c20-12-7-13-21-17(25)14-26-19-23-22-18(15-8-3-1-4-9-15)24(19)16-10-5-2-6-11-16/h1-6,8-11H,7,13-14H2,(H,21,25). The van der Waals surface area contributed by atoms with Gasteiger partial charge in [-0.2, -0.15) is 5.26 Å². The Bertz CT molecular complexity index is 903. The molecule has 0 atom stereocenters.